The van der Waals surface area contributed by atoms with Gasteiger partial charge in [0.25, 0.3) is 0 Å². The van der Waals surface area contributed by atoms with Crippen molar-refractivity contribution in [3.05, 3.63) is 84.6 Å². The molecule has 6 nitrogen and oxygen atoms in total. The van der Waals surface area contributed by atoms with Gasteiger partial charge in [-0.05, 0) is 17.0 Å². The number of rotatable bonds is 3. The van der Waals surface area contributed by atoms with Crippen molar-refractivity contribution in [2.75, 3.05) is 11.5 Å². The van der Waals surface area contributed by atoms with Gasteiger partial charge in [-0.2, -0.15) is 0 Å². The van der Waals surface area contributed by atoms with Gasteiger partial charge in [0.15, 0.2) is 5.82 Å². The molecule has 4 aromatic rings. The summed E-state index contributed by atoms with van der Waals surface area (Å²) in [5.41, 5.74) is 1.92. The second kappa shape index (κ2) is 6.25. The largest absolute Gasteiger partial charge is 0.447 e. The maximum absolute atomic E-state index is 12.3. The van der Waals surface area contributed by atoms with Crippen molar-refractivity contribution in [2.45, 2.75) is 6.04 Å². The van der Waals surface area contributed by atoms with Gasteiger partial charge in [-0.15, -0.1) is 5.10 Å². The monoisotopic (exact) mass is 356 g/mol. The van der Waals surface area contributed by atoms with Crippen molar-refractivity contribution in [2.24, 2.45) is 0 Å². The van der Waals surface area contributed by atoms with Gasteiger partial charge in [0.1, 0.15) is 12.6 Å². The summed E-state index contributed by atoms with van der Waals surface area (Å²) < 4.78 is 6.98. The molecule has 5 rings (SSSR count). The molecule has 0 radical (unpaired) electrons. The average molecular weight is 356 g/mol. The molecule has 1 saturated heterocycles. The third kappa shape index (κ3) is 2.62. The number of carbonyl (C=O) groups is 1. The number of amides is 1. The highest BCUT2D eigenvalue weighted by atomic mass is 16.6. The smallest absolute Gasteiger partial charge is 0.416 e. The molecule has 0 bridgehead atoms. The summed E-state index contributed by atoms with van der Waals surface area (Å²) in [5, 5.41) is 10.7. The molecule has 1 aromatic heterocycles. The van der Waals surface area contributed by atoms with Crippen LogP contribution in [0.3, 0.4) is 0 Å². The van der Waals surface area contributed by atoms with E-state index in [-0.39, 0.29) is 6.04 Å². The molecule has 3 aromatic carbocycles. The lowest BCUT2D eigenvalue weighted by Gasteiger charge is -2.18. The predicted molar refractivity (Wildman–Crippen MR) is 102 cm³/mol. The van der Waals surface area contributed by atoms with E-state index in [0.29, 0.717) is 12.4 Å². The fourth-order valence-corrected chi connectivity index (χ4v) is 3.49. The average Bonchev–Trinajstić information content (AvgIpc) is 3.35. The van der Waals surface area contributed by atoms with E-state index in [1.165, 1.54) is 0 Å². The van der Waals surface area contributed by atoms with E-state index in [0.717, 1.165) is 22.0 Å². The number of cyclic esters (lactones) is 1. The minimum absolute atomic E-state index is 0.212. The van der Waals surface area contributed by atoms with Crippen LogP contribution in [0.5, 0.6) is 0 Å². The van der Waals surface area contributed by atoms with E-state index < -0.39 is 6.09 Å². The number of anilines is 1. The van der Waals surface area contributed by atoms with Crippen LogP contribution in [-0.4, -0.2) is 27.7 Å². The van der Waals surface area contributed by atoms with E-state index in [4.69, 9.17) is 4.74 Å². The summed E-state index contributed by atoms with van der Waals surface area (Å²) in [7, 11) is 0. The molecule has 1 atom stereocenters. The Balaban J connectivity index is 1.55. The minimum Gasteiger partial charge on any atom is -0.447 e. The van der Waals surface area contributed by atoms with Gasteiger partial charge >= 0.3 is 6.09 Å². The Morgan fingerprint density at radius 2 is 1.70 bits per heavy atom. The Morgan fingerprint density at radius 1 is 0.926 bits per heavy atom. The van der Waals surface area contributed by atoms with Crippen LogP contribution in [0, 0.1) is 0 Å². The van der Waals surface area contributed by atoms with Crippen LogP contribution in [0.1, 0.15) is 11.6 Å². The molecule has 0 aliphatic carbocycles. The second-order valence-corrected chi connectivity index (χ2v) is 6.39. The maximum atomic E-state index is 12.3. The zero-order valence-corrected chi connectivity index (χ0v) is 14.4. The summed E-state index contributed by atoms with van der Waals surface area (Å²) in [6, 6.07) is 23.7. The number of hydrogen-bond donors (Lipinski definition) is 0. The predicted octanol–water partition coefficient (Wildman–Crippen LogP) is 4.12. The van der Waals surface area contributed by atoms with Crippen molar-refractivity contribution in [3.63, 3.8) is 0 Å². The molecule has 27 heavy (non-hydrogen) atoms. The van der Waals surface area contributed by atoms with Crippen molar-refractivity contribution in [3.8, 4) is 5.69 Å². The second-order valence-electron chi connectivity index (χ2n) is 6.39. The van der Waals surface area contributed by atoms with Gasteiger partial charge in [0.2, 0.25) is 0 Å². The van der Waals surface area contributed by atoms with Crippen LogP contribution >= 0.6 is 0 Å². The van der Waals surface area contributed by atoms with Crippen molar-refractivity contribution < 1.29 is 9.53 Å². The molecule has 1 aliphatic rings. The fraction of sp³-hybridized carbons (Fsp3) is 0.0952. The molecule has 2 heterocycles. The number of fused-ring (bicyclic) bond motifs is 1. The van der Waals surface area contributed by atoms with Crippen molar-refractivity contribution in [1.82, 2.24) is 15.0 Å². The topological polar surface area (TPSA) is 60.2 Å². The third-order valence-electron chi connectivity index (χ3n) is 4.80. The molecule has 0 unspecified atom stereocenters. The molecule has 0 N–H and O–H groups in total. The molecule has 1 fully saturated rings. The SMILES string of the molecule is O=C1OC[C@@H](c2ccccc2)N1c1cn(-c2cccc3ccccc23)nn1. The summed E-state index contributed by atoms with van der Waals surface area (Å²) >= 11 is 0. The lowest BCUT2D eigenvalue weighted by molar-refractivity contribution is 0.179. The van der Waals surface area contributed by atoms with Gasteiger partial charge < -0.3 is 4.74 Å². The van der Waals surface area contributed by atoms with Gasteiger partial charge in [0, 0.05) is 5.39 Å². The van der Waals surface area contributed by atoms with E-state index >= 15 is 0 Å². The van der Waals surface area contributed by atoms with E-state index in [2.05, 4.69) is 22.4 Å². The molecule has 0 spiro atoms. The first-order valence-corrected chi connectivity index (χ1v) is 8.73. The maximum Gasteiger partial charge on any atom is 0.416 e. The Kier molecular flexibility index (Phi) is 3.60. The minimum atomic E-state index is -0.408. The number of ether oxygens (including phenoxy) is 1. The Bertz CT molecular complexity index is 1120. The summed E-state index contributed by atoms with van der Waals surface area (Å²) in [5.74, 6) is 0.472. The lowest BCUT2D eigenvalue weighted by Crippen LogP contribution is -2.27. The number of carbonyl (C=O) groups excluding carboxylic acids is 1. The third-order valence-corrected chi connectivity index (χ3v) is 4.80. The van der Waals surface area contributed by atoms with Crippen LogP contribution in [-0.2, 0) is 4.74 Å². The number of aromatic nitrogens is 3. The Morgan fingerprint density at radius 3 is 2.59 bits per heavy atom. The zero-order valence-electron chi connectivity index (χ0n) is 14.4. The molecule has 1 amide bonds. The van der Waals surface area contributed by atoms with Crippen LogP contribution in [0.25, 0.3) is 16.5 Å². The molecular formula is C21H16N4O2. The zero-order chi connectivity index (χ0) is 18.2. The molecular weight excluding hydrogens is 340 g/mol. The number of nitrogens with zero attached hydrogens (tertiary/aromatic N) is 4. The standard InChI is InChI=1S/C21H16N4O2/c26-21-25(19(14-27-21)16-8-2-1-3-9-16)20-13-24(23-22-20)18-12-6-10-15-7-4-5-11-17(15)18/h1-13,19H,14H2/t19-/m0/s1. The first kappa shape index (κ1) is 15.6. The van der Waals surface area contributed by atoms with Crippen molar-refractivity contribution in [1.29, 1.82) is 0 Å². The van der Waals surface area contributed by atoms with E-state index in [9.17, 15) is 4.79 Å². The normalized spacial score (nSPS) is 16.7. The van der Waals surface area contributed by atoms with Crippen LogP contribution in [0.2, 0.25) is 0 Å². The number of hydrogen-bond acceptors (Lipinski definition) is 4. The van der Waals surface area contributed by atoms with E-state index in [1.807, 2.05) is 60.7 Å². The summed E-state index contributed by atoms with van der Waals surface area (Å²) in [4.78, 5) is 13.9. The Hall–Kier alpha value is -3.67. The highest BCUT2D eigenvalue weighted by molar-refractivity contribution is 5.91. The first-order valence-electron chi connectivity index (χ1n) is 8.73. The fourth-order valence-electron chi connectivity index (χ4n) is 3.49. The highest BCUT2D eigenvalue weighted by Crippen LogP contribution is 2.32. The number of benzene rings is 3. The van der Waals surface area contributed by atoms with Crippen LogP contribution < -0.4 is 4.90 Å². The lowest BCUT2D eigenvalue weighted by atomic mass is 10.1. The van der Waals surface area contributed by atoms with Gasteiger partial charge in [0.05, 0.1) is 11.9 Å². The van der Waals surface area contributed by atoms with Gasteiger partial charge in [-0.1, -0.05) is 71.9 Å². The van der Waals surface area contributed by atoms with E-state index in [1.54, 1.807) is 15.8 Å². The highest BCUT2D eigenvalue weighted by Gasteiger charge is 2.37. The molecule has 0 saturated carbocycles. The molecule has 132 valence electrons. The molecule has 6 heteroatoms. The van der Waals surface area contributed by atoms with Crippen LogP contribution in [0.4, 0.5) is 10.6 Å². The van der Waals surface area contributed by atoms with Gasteiger partial charge in [-0.25, -0.2) is 14.4 Å². The van der Waals surface area contributed by atoms with Gasteiger partial charge in [-0.3, -0.25) is 0 Å². The Labute approximate surface area is 155 Å². The summed E-state index contributed by atoms with van der Waals surface area (Å²) in [6.07, 6.45) is 1.36. The van der Waals surface area contributed by atoms with Crippen molar-refractivity contribution >= 4 is 22.7 Å². The quantitative estimate of drug-likeness (QED) is 0.554. The summed E-state index contributed by atoms with van der Waals surface area (Å²) in [6.45, 7) is 0.296. The van der Waals surface area contributed by atoms with Crippen LogP contribution in [0.15, 0.2) is 79.0 Å². The molecule has 1 aliphatic heterocycles. The first-order chi connectivity index (χ1) is 13.3.